The van der Waals surface area contributed by atoms with E-state index in [4.69, 9.17) is 21.1 Å². The maximum absolute atomic E-state index is 15.5. The van der Waals surface area contributed by atoms with Gasteiger partial charge in [0.1, 0.15) is 17.2 Å². The Morgan fingerprint density at radius 1 is 0.808 bits per heavy atom. The van der Waals surface area contributed by atoms with Gasteiger partial charge >= 0.3 is 0 Å². The van der Waals surface area contributed by atoms with E-state index in [9.17, 15) is 14.7 Å². The summed E-state index contributed by atoms with van der Waals surface area (Å²) in [4.78, 5) is 61.7. The van der Waals surface area contributed by atoms with Crippen molar-refractivity contribution in [1.82, 2.24) is 0 Å². The van der Waals surface area contributed by atoms with E-state index in [0.717, 1.165) is 11.1 Å². The number of phenols is 1. The van der Waals surface area contributed by atoms with Crippen molar-refractivity contribution in [2.24, 2.45) is 23.7 Å². The van der Waals surface area contributed by atoms with Gasteiger partial charge in [-0.3, -0.25) is 24.1 Å². The third-order valence-electron chi connectivity index (χ3n) is 11.4. The summed E-state index contributed by atoms with van der Waals surface area (Å²) in [5.41, 5.74) is 1.89. The van der Waals surface area contributed by atoms with E-state index >= 15 is 9.59 Å². The molecule has 0 radical (unpaired) electrons. The van der Waals surface area contributed by atoms with E-state index in [2.05, 4.69) is 6.58 Å². The molecule has 8 rings (SSSR count). The topological polar surface area (TPSA) is 113 Å². The number of carbonyl (C=O) groups excluding carboxylic acids is 4. The molecule has 1 saturated carbocycles. The molecule has 0 unspecified atom stereocenters. The Bertz CT molecular complexity index is 2170. The highest BCUT2D eigenvalue weighted by atomic mass is 35.5. The zero-order chi connectivity index (χ0) is 36.5. The quantitative estimate of drug-likeness (QED) is 0.161. The van der Waals surface area contributed by atoms with Gasteiger partial charge < -0.3 is 14.6 Å². The molecule has 2 heterocycles. The Morgan fingerprint density at radius 3 is 2.13 bits per heavy atom. The second-order valence-electron chi connectivity index (χ2n) is 13.7. The van der Waals surface area contributed by atoms with Gasteiger partial charge in [-0.15, -0.1) is 0 Å². The third kappa shape index (κ3) is 4.68. The number of carbonyl (C=O) groups is 4. The Morgan fingerprint density at radius 2 is 1.50 bits per heavy atom. The summed E-state index contributed by atoms with van der Waals surface area (Å²) < 4.78 is 11.8. The summed E-state index contributed by atoms with van der Waals surface area (Å²) >= 11 is 6.42. The van der Waals surface area contributed by atoms with Gasteiger partial charge in [0, 0.05) is 28.6 Å². The summed E-state index contributed by atoms with van der Waals surface area (Å²) in [6.07, 6.45) is 4.04. The van der Waals surface area contributed by atoms with Crippen LogP contribution >= 0.6 is 11.6 Å². The van der Waals surface area contributed by atoms with Crippen LogP contribution in [0.1, 0.15) is 35.4 Å². The molecule has 2 aliphatic carbocycles. The average Bonchev–Trinajstić information content (AvgIpc) is 3.55. The minimum atomic E-state index is -1.54. The molecule has 52 heavy (non-hydrogen) atoms. The number of methoxy groups -OCH3 is 2. The lowest BCUT2D eigenvalue weighted by Crippen LogP contribution is -2.53. The number of anilines is 2. The molecule has 0 aromatic heterocycles. The molecule has 0 spiro atoms. The van der Waals surface area contributed by atoms with Crippen LogP contribution < -0.4 is 19.3 Å². The molecule has 4 aliphatic rings. The van der Waals surface area contributed by atoms with Crippen LogP contribution in [0.3, 0.4) is 0 Å². The lowest BCUT2D eigenvalue weighted by molar-refractivity contribution is -0.127. The van der Waals surface area contributed by atoms with Crippen molar-refractivity contribution in [2.75, 3.05) is 24.0 Å². The lowest BCUT2D eigenvalue weighted by Gasteiger charge is -2.51. The largest absolute Gasteiger partial charge is 0.508 e. The molecular formula is C42H35ClN2O7. The molecule has 2 aliphatic heterocycles. The van der Waals surface area contributed by atoms with Gasteiger partial charge in [0.2, 0.25) is 23.6 Å². The van der Waals surface area contributed by atoms with Crippen molar-refractivity contribution in [2.45, 2.75) is 24.2 Å². The summed E-state index contributed by atoms with van der Waals surface area (Å²) in [7, 11) is 2.93. The number of aromatic hydroxyl groups is 1. The maximum atomic E-state index is 15.5. The zero-order valence-electron chi connectivity index (χ0n) is 28.5. The number of rotatable bonds is 7. The van der Waals surface area contributed by atoms with Gasteiger partial charge in [-0.05, 0) is 60.2 Å². The standard InChI is InChI=1S/C42H35ClN2O7/c1-4-23-13-15-26(16-14-23)44-38(47)30-18-17-29-31(35(30)40(44)49)22-32-39(48)45(27-12-8-11-25(43)19-27)41(50)42(32,24-9-6-5-7-10-24)37(29)36-33(51-2)20-28(46)21-34(36)52-3/h4-17,19-21,30-32,35,37,46H,1,18,22H2,2-3H3/t30-,31+,32-,35-,37+,42+/m0/s1. The molecule has 0 bridgehead atoms. The van der Waals surface area contributed by atoms with Gasteiger partial charge in [0.05, 0.1) is 48.8 Å². The maximum Gasteiger partial charge on any atom is 0.246 e. The number of hydrogen-bond donors (Lipinski definition) is 1. The number of ether oxygens (including phenoxy) is 2. The van der Waals surface area contributed by atoms with E-state index in [-0.39, 0.29) is 41.9 Å². The molecule has 1 N–H and O–H groups in total. The first-order valence-electron chi connectivity index (χ1n) is 17.1. The second kappa shape index (κ2) is 12.5. The SMILES string of the molecule is C=Cc1ccc(N2C(=O)[C@H]3[C@H](CC=C4[C@H]3C[C@H]3C(=O)N(c5cccc(Cl)c5)C(=O)[C@@]3(c3ccccc3)[C@H]4c3c(OC)cc(O)cc3OC)C2=O)cc1. The Hall–Kier alpha value is -5.67. The number of phenolic OH excluding ortho intramolecular Hbond substituents is 1. The molecule has 2 saturated heterocycles. The Kier molecular flexibility index (Phi) is 8.06. The number of amides is 4. The zero-order valence-corrected chi connectivity index (χ0v) is 29.2. The highest BCUT2D eigenvalue weighted by Crippen LogP contribution is 2.66. The summed E-state index contributed by atoms with van der Waals surface area (Å²) in [5, 5.41) is 11.1. The number of benzene rings is 4. The minimum absolute atomic E-state index is 0.114. The predicted octanol–water partition coefficient (Wildman–Crippen LogP) is 7.07. The smallest absolute Gasteiger partial charge is 0.246 e. The first-order valence-corrected chi connectivity index (χ1v) is 17.5. The number of halogens is 1. The van der Waals surface area contributed by atoms with Crippen LogP contribution in [0.25, 0.3) is 6.08 Å². The van der Waals surface area contributed by atoms with Crippen LogP contribution in [-0.2, 0) is 24.6 Å². The van der Waals surface area contributed by atoms with Crippen LogP contribution in [0, 0.1) is 23.7 Å². The second-order valence-corrected chi connectivity index (χ2v) is 14.1. The molecule has 9 nitrogen and oxygen atoms in total. The normalized spacial score (nSPS) is 26.4. The van der Waals surface area contributed by atoms with Crippen molar-refractivity contribution in [3.05, 3.63) is 131 Å². The summed E-state index contributed by atoms with van der Waals surface area (Å²) in [6.45, 7) is 3.80. The van der Waals surface area contributed by atoms with Crippen molar-refractivity contribution in [3.8, 4) is 17.2 Å². The molecule has 4 aromatic rings. The molecule has 262 valence electrons. The molecule has 3 fully saturated rings. The summed E-state index contributed by atoms with van der Waals surface area (Å²) in [5.74, 6) is -5.10. The van der Waals surface area contributed by atoms with Gasteiger partial charge in [-0.2, -0.15) is 0 Å². The van der Waals surface area contributed by atoms with E-state index in [1.54, 1.807) is 54.6 Å². The van der Waals surface area contributed by atoms with Gasteiger partial charge in [0.25, 0.3) is 0 Å². The van der Waals surface area contributed by atoms with Crippen molar-refractivity contribution in [3.63, 3.8) is 0 Å². The number of fused-ring (bicyclic) bond motifs is 4. The highest BCUT2D eigenvalue weighted by Gasteiger charge is 2.71. The fourth-order valence-corrected chi connectivity index (χ4v) is 9.47. The predicted molar refractivity (Wildman–Crippen MR) is 196 cm³/mol. The molecule has 4 amide bonds. The molecule has 4 aromatic carbocycles. The minimum Gasteiger partial charge on any atom is -0.508 e. The van der Waals surface area contributed by atoms with Crippen LogP contribution in [0.4, 0.5) is 11.4 Å². The Balaban J connectivity index is 1.39. The monoisotopic (exact) mass is 714 g/mol. The van der Waals surface area contributed by atoms with Gasteiger partial charge in [0.15, 0.2) is 0 Å². The number of nitrogens with zero attached hydrogens (tertiary/aromatic N) is 2. The van der Waals surface area contributed by atoms with E-state index in [1.807, 2.05) is 36.4 Å². The third-order valence-corrected chi connectivity index (χ3v) is 11.6. The number of imide groups is 2. The number of allylic oxidation sites excluding steroid dienone is 2. The van der Waals surface area contributed by atoms with Crippen LogP contribution in [0.15, 0.2) is 109 Å². The van der Waals surface area contributed by atoms with E-state index < -0.39 is 46.8 Å². The van der Waals surface area contributed by atoms with Gasteiger partial charge in [-0.1, -0.05) is 84.4 Å². The Labute approximate surface area is 305 Å². The first kappa shape index (κ1) is 33.5. The molecular weight excluding hydrogens is 680 g/mol. The first-order chi connectivity index (χ1) is 25.1. The number of hydrogen-bond acceptors (Lipinski definition) is 7. The van der Waals surface area contributed by atoms with E-state index in [1.165, 1.54) is 36.2 Å². The van der Waals surface area contributed by atoms with Crippen LogP contribution in [0.5, 0.6) is 17.2 Å². The van der Waals surface area contributed by atoms with Crippen molar-refractivity contribution in [1.29, 1.82) is 0 Å². The van der Waals surface area contributed by atoms with Crippen molar-refractivity contribution >= 4 is 52.7 Å². The average molecular weight is 715 g/mol. The summed E-state index contributed by atoms with van der Waals surface area (Å²) in [6, 6.07) is 25.8. The van der Waals surface area contributed by atoms with Gasteiger partial charge in [-0.25, -0.2) is 4.90 Å². The molecule has 10 heteroatoms. The fourth-order valence-electron chi connectivity index (χ4n) is 9.28. The molecule has 6 atom stereocenters. The fraction of sp³-hybridized carbons (Fsp3) is 0.238. The lowest BCUT2D eigenvalue weighted by atomic mass is 9.49. The van der Waals surface area contributed by atoms with Crippen LogP contribution in [0.2, 0.25) is 5.02 Å². The van der Waals surface area contributed by atoms with E-state index in [0.29, 0.717) is 27.5 Å². The van der Waals surface area contributed by atoms with Crippen LogP contribution in [-0.4, -0.2) is 43.0 Å². The highest BCUT2D eigenvalue weighted by molar-refractivity contribution is 6.32. The van der Waals surface area contributed by atoms with Crippen molar-refractivity contribution < 1.29 is 33.8 Å².